The second-order valence-electron chi connectivity index (χ2n) is 7.88. The largest absolute Gasteiger partial charge is 0.367 e. The van der Waals surface area contributed by atoms with Crippen LogP contribution >= 0.6 is 0 Å². The summed E-state index contributed by atoms with van der Waals surface area (Å²) in [5, 5.41) is 3.50. The SMILES string of the molecule is Cc1nc(-c2ccc(NC3CCN(Cc4ccc(F)cc4)CC3)nc2)[nH]c(=O)c1C. The van der Waals surface area contributed by atoms with Crippen molar-refractivity contribution in [1.29, 1.82) is 0 Å². The van der Waals surface area contributed by atoms with Crippen LogP contribution in [-0.4, -0.2) is 39.0 Å². The predicted molar refractivity (Wildman–Crippen MR) is 116 cm³/mol. The molecule has 2 N–H and O–H groups in total. The summed E-state index contributed by atoms with van der Waals surface area (Å²) < 4.78 is 13.0. The second kappa shape index (κ2) is 8.75. The number of benzene rings is 1. The van der Waals surface area contributed by atoms with Crippen molar-refractivity contribution >= 4 is 5.82 Å². The monoisotopic (exact) mass is 407 g/mol. The van der Waals surface area contributed by atoms with Crippen LogP contribution in [0.2, 0.25) is 0 Å². The molecule has 6 nitrogen and oxygen atoms in total. The van der Waals surface area contributed by atoms with E-state index in [-0.39, 0.29) is 11.4 Å². The summed E-state index contributed by atoms with van der Waals surface area (Å²) in [7, 11) is 0. The number of nitrogens with zero attached hydrogens (tertiary/aromatic N) is 3. The van der Waals surface area contributed by atoms with Gasteiger partial charge in [-0.3, -0.25) is 9.69 Å². The van der Waals surface area contributed by atoms with Crippen LogP contribution in [0.15, 0.2) is 47.4 Å². The average Bonchev–Trinajstić information content (AvgIpc) is 2.75. The maximum absolute atomic E-state index is 13.0. The Hall–Kier alpha value is -3.06. The van der Waals surface area contributed by atoms with Gasteiger partial charge >= 0.3 is 0 Å². The van der Waals surface area contributed by atoms with Crippen molar-refractivity contribution in [2.75, 3.05) is 18.4 Å². The van der Waals surface area contributed by atoms with Crippen molar-refractivity contribution in [1.82, 2.24) is 19.9 Å². The molecule has 0 unspecified atom stereocenters. The maximum atomic E-state index is 13.0. The van der Waals surface area contributed by atoms with Crippen molar-refractivity contribution in [3.63, 3.8) is 0 Å². The number of rotatable bonds is 5. The number of H-pyrrole nitrogens is 1. The number of aromatic amines is 1. The Kier molecular flexibility index (Phi) is 5.90. The highest BCUT2D eigenvalue weighted by molar-refractivity contribution is 5.56. The molecule has 7 heteroatoms. The van der Waals surface area contributed by atoms with Gasteiger partial charge in [0.1, 0.15) is 17.5 Å². The minimum Gasteiger partial charge on any atom is -0.367 e. The molecule has 0 saturated carbocycles. The molecular formula is C23H26FN5O. The predicted octanol–water partition coefficient (Wildman–Crippen LogP) is 3.66. The lowest BCUT2D eigenvalue weighted by molar-refractivity contribution is 0.211. The number of halogens is 1. The Morgan fingerprint density at radius 3 is 2.50 bits per heavy atom. The number of hydrogen-bond donors (Lipinski definition) is 2. The second-order valence-corrected chi connectivity index (χ2v) is 7.88. The lowest BCUT2D eigenvalue weighted by atomic mass is 10.0. The van der Waals surface area contributed by atoms with Gasteiger partial charge in [0.15, 0.2) is 0 Å². The molecule has 4 rings (SSSR count). The minimum absolute atomic E-state index is 0.118. The number of anilines is 1. The fourth-order valence-corrected chi connectivity index (χ4v) is 3.69. The topological polar surface area (TPSA) is 73.9 Å². The molecule has 2 aromatic heterocycles. The molecule has 0 amide bonds. The summed E-state index contributed by atoms with van der Waals surface area (Å²) in [4.78, 5) is 26.1. The molecule has 0 atom stereocenters. The van der Waals surface area contributed by atoms with Gasteiger partial charge in [-0.25, -0.2) is 14.4 Å². The van der Waals surface area contributed by atoms with Crippen LogP contribution in [-0.2, 0) is 6.54 Å². The van der Waals surface area contributed by atoms with Crippen LogP contribution in [0.25, 0.3) is 11.4 Å². The fraction of sp³-hybridized carbons (Fsp3) is 0.348. The maximum Gasteiger partial charge on any atom is 0.254 e. The third kappa shape index (κ3) is 4.74. The van der Waals surface area contributed by atoms with Crippen LogP contribution < -0.4 is 10.9 Å². The Bertz CT molecular complexity index is 1050. The summed E-state index contributed by atoms with van der Waals surface area (Å²) in [6.45, 7) is 6.42. The molecule has 0 spiro atoms. The lowest BCUT2D eigenvalue weighted by Gasteiger charge is -2.32. The van der Waals surface area contributed by atoms with Gasteiger partial charge in [-0.05, 0) is 56.5 Å². The van der Waals surface area contributed by atoms with Crippen LogP contribution in [0, 0.1) is 19.7 Å². The molecule has 1 aliphatic rings. The quantitative estimate of drug-likeness (QED) is 0.675. The number of nitrogens with one attached hydrogen (secondary N) is 2. The van der Waals surface area contributed by atoms with Crippen molar-refractivity contribution in [2.24, 2.45) is 0 Å². The normalized spacial score (nSPS) is 15.3. The van der Waals surface area contributed by atoms with E-state index in [2.05, 4.69) is 25.2 Å². The summed E-state index contributed by atoms with van der Waals surface area (Å²) in [6, 6.07) is 10.9. The van der Waals surface area contributed by atoms with Crippen LogP contribution in [0.1, 0.15) is 29.7 Å². The smallest absolute Gasteiger partial charge is 0.254 e. The summed E-state index contributed by atoms with van der Waals surface area (Å²) >= 11 is 0. The minimum atomic E-state index is -0.195. The molecule has 0 bridgehead atoms. The number of piperidine rings is 1. The van der Waals surface area contributed by atoms with Crippen LogP contribution in [0.4, 0.5) is 10.2 Å². The fourth-order valence-electron chi connectivity index (χ4n) is 3.69. The average molecular weight is 407 g/mol. The zero-order chi connectivity index (χ0) is 21.1. The first kappa shape index (κ1) is 20.2. The van der Waals surface area contributed by atoms with Gasteiger partial charge in [-0.2, -0.15) is 0 Å². The Labute approximate surface area is 175 Å². The molecule has 0 radical (unpaired) electrons. The third-order valence-corrected chi connectivity index (χ3v) is 5.69. The Morgan fingerprint density at radius 1 is 1.13 bits per heavy atom. The summed E-state index contributed by atoms with van der Waals surface area (Å²) in [5.74, 6) is 1.16. The molecule has 3 aromatic rings. The molecule has 3 heterocycles. The highest BCUT2D eigenvalue weighted by Crippen LogP contribution is 2.20. The molecular weight excluding hydrogens is 381 g/mol. The van der Waals surface area contributed by atoms with Gasteiger partial charge in [0.25, 0.3) is 5.56 Å². The highest BCUT2D eigenvalue weighted by atomic mass is 19.1. The van der Waals surface area contributed by atoms with Crippen LogP contribution in [0.3, 0.4) is 0 Å². The molecule has 1 fully saturated rings. The van der Waals surface area contributed by atoms with Crippen molar-refractivity contribution < 1.29 is 4.39 Å². The van der Waals surface area contributed by atoms with Crippen molar-refractivity contribution in [3.8, 4) is 11.4 Å². The van der Waals surface area contributed by atoms with Gasteiger partial charge in [-0.1, -0.05) is 12.1 Å². The zero-order valence-electron chi connectivity index (χ0n) is 17.3. The standard InChI is InChI=1S/C23H26FN5O/c1-15-16(2)26-22(28-23(15)30)18-5-8-21(25-13-18)27-20-9-11-29(12-10-20)14-17-3-6-19(24)7-4-17/h3-8,13,20H,9-12,14H2,1-2H3,(H,25,27)(H,26,28,30). The van der Waals surface area contributed by atoms with E-state index in [4.69, 9.17) is 0 Å². The Morgan fingerprint density at radius 2 is 1.87 bits per heavy atom. The highest BCUT2D eigenvalue weighted by Gasteiger charge is 2.19. The van der Waals surface area contributed by atoms with E-state index < -0.39 is 0 Å². The van der Waals surface area contributed by atoms with E-state index in [1.54, 1.807) is 13.1 Å². The zero-order valence-corrected chi connectivity index (χ0v) is 17.3. The first-order valence-corrected chi connectivity index (χ1v) is 10.3. The first-order valence-electron chi connectivity index (χ1n) is 10.3. The van der Waals surface area contributed by atoms with Gasteiger partial charge < -0.3 is 10.3 Å². The molecule has 156 valence electrons. The number of aryl methyl sites for hydroxylation is 1. The molecule has 1 saturated heterocycles. The number of aromatic nitrogens is 3. The molecule has 1 aliphatic heterocycles. The lowest BCUT2D eigenvalue weighted by Crippen LogP contribution is -2.38. The van der Waals surface area contributed by atoms with Gasteiger partial charge in [0.05, 0.1) is 0 Å². The summed E-state index contributed by atoms with van der Waals surface area (Å²) in [6.07, 6.45) is 3.78. The first-order chi connectivity index (χ1) is 14.5. The molecule has 30 heavy (non-hydrogen) atoms. The van der Waals surface area contributed by atoms with Gasteiger partial charge in [-0.15, -0.1) is 0 Å². The van der Waals surface area contributed by atoms with Crippen molar-refractivity contribution in [2.45, 2.75) is 39.3 Å². The third-order valence-electron chi connectivity index (χ3n) is 5.69. The van der Waals surface area contributed by atoms with Crippen LogP contribution in [0.5, 0.6) is 0 Å². The number of likely N-dealkylation sites (tertiary alicyclic amines) is 1. The Balaban J connectivity index is 1.32. The van der Waals surface area contributed by atoms with Gasteiger partial charge in [0, 0.05) is 48.7 Å². The van der Waals surface area contributed by atoms with Gasteiger partial charge in [0.2, 0.25) is 0 Å². The van der Waals surface area contributed by atoms with E-state index in [0.717, 1.165) is 55.1 Å². The number of hydrogen-bond acceptors (Lipinski definition) is 5. The molecule has 1 aromatic carbocycles. The van der Waals surface area contributed by atoms with E-state index in [1.807, 2.05) is 31.2 Å². The van der Waals surface area contributed by atoms with E-state index >= 15 is 0 Å². The summed E-state index contributed by atoms with van der Waals surface area (Å²) in [5.41, 5.74) is 3.17. The number of pyridine rings is 1. The van der Waals surface area contributed by atoms with Crippen molar-refractivity contribution in [3.05, 3.63) is 75.6 Å². The van der Waals surface area contributed by atoms with E-state index in [1.165, 1.54) is 12.1 Å². The van der Waals surface area contributed by atoms with E-state index in [0.29, 0.717) is 17.4 Å². The van der Waals surface area contributed by atoms with E-state index in [9.17, 15) is 9.18 Å². The molecule has 0 aliphatic carbocycles.